The highest BCUT2D eigenvalue weighted by Gasteiger charge is 2.40. The first-order valence-corrected chi connectivity index (χ1v) is 9.59. The minimum absolute atomic E-state index is 0.107. The Bertz CT molecular complexity index is 936. The molecule has 28 heavy (non-hydrogen) atoms. The number of hydrogen-bond donors (Lipinski definition) is 2. The topological polar surface area (TPSA) is 78.5 Å². The molecular weight excluding hydrogens is 425 g/mol. The van der Waals surface area contributed by atoms with Crippen LogP contribution in [0.15, 0.2) is 42.5 Å². The number of nitrogens with zero attached hydrogens (tertiary/aromatic N) is 1. The summed E-state index contributed by atoms with van der Waals surface area (Å²) in [6.45, 7) is 0.152. The smallest absolute Gasteiger partial charge is 0.329 e. The van der Waals surface area contributed by atoms with Crippen LogP contribution in [-0.2, 0) is 16.1 Å². The summed E-state index contributed by atoms with van der Waals surface area (Å²) < 4.78 is 0. The highest BCUT2D eigenvalue weighted by atomic mass is 35.5. The van der Waals surface area contributed by atoms with Gasteiger partial charge in [-0.25, -0.2) is 4.79 Å². The van der Waals surface area contributed by atoms with Gasteiger partial charge in [-0.2, -0.15) is 0 Å². The molecule has 1 unspecified atom stereocenters. The molecule has 0 aliphatic carbocycles. The van der Waals surface area contributed by atoms with E-state index in [1.54, 1.807) is 42.5 Å². The van der Waals surface area contributed by atoms with E-state index < -0.39 is 23.9 Å². The van der Waals surface area contributed by atoms with Crippen molar-refractivity contribution in [2.75, 3.05) is 5.32 Å². The third kappa shape index (κ3) is 4.58. The highest BCUT2D eigenvalue weighted by Crippen LogP contribution is 2.25. The Morgan fingerprint density at radius 3 is 2.54 bits per heavy atom. The van der Waals surface area contributed by atoms with Crippen molar-refractivity contribution in [3.05, 3.63) is 63.1 Å². The molecule has 6 nitrogen and oxygen atoms in total. The zero-order chi connectivity index (χ0) is 20.3. The standard InChI is InChI=1S/C19H16Cl3N3O3/c20-12-6-5-11(14(22)9-12)10-23-18(27)16-7-8-17(26)25(16)19(28)24-15-4-2-1-3-13(15)21/h1-6,9,16H,7-8,10H2,(H,23,27)(H,24,28). The molecule has 1 aliphatic rings. The van der Waals surface area contributed by atoms with Gasteiger partial charge in [0.15, 0.2) is 0 Å². The van der Waals surface area contributed by atoms with Gasteiger partial charge in [-0.15, -0.1) is 0 Å². The Balaban J connectivity index is 1.68. The summed E-state index contributed by atoms with van der Waals surface area (Å²) in [5, 5.41) is 6.53. The second-order valence-electron chi connectivity index (χ2n) is 6.18. The highest BCUT2D eigenvalue weighted by molar-refractivity contribution is 6.35. The number of hydrogen-bond acceptors (Lipinski definition) is 3. The monoisotopic (exact) mass is 439 g/mol. The number of nitrogens with one attached hydrogen (secondary N) is 2. The first kappa shape index (κ1) is 20.5. The fourth-order valence-electron chi connectivity index (χ4n) is 2.89. The van der Waals surface area contributed by atoms with Gasteiger partial charge in [0.1, 0.15) is 6.04 Å². The minimum Gasteiger partial charge on any atom is -0.350 e. The van der Waals surface area contributed by atoms with Crippen LogP contribution in [0.5, 0.6) is 0 Å². The van der Waals surface area contributed by atoms with E-state index in [4.69, 9.17) is 34.8 Å². The quantitative estimate of drug-likeness (QED) is 0.735. The summed E-state index contributed by atoms with van der Waals surface area (Å²) in [7, 11) is 0. The van der Waals surface area contributed by atoms with Gasteiger partial charge < -0.3 is 10.6 Å². The van der Waals surface area contributed by atoms with E-state index in [-0.39, 0.29) is 19.4 Å². The second-order valence-corrected chi connectivity index (χ2v) is 7.43. The summed E-state index contributed by atoms with van der Waals surface area (Å²) >= 11 is 18.0. The molecule has 3 rings (SSSR count). The third-order valence-electron chi connectivity index (χ3n) is 4.32. The van der Waals surface area contributed by atoms with Crippen molar-refractivity contribution in [1.82, 2.24) is 10.2 Å². The van der Waals surface area contributed by atoms with Crippen LogP contribution >= 0.6 is 34.8 Å². The predicted octanol–water partition coefficient (Wildman–Crippen LogP) is 4.49. The van der Waals surface area contributed by atoms with Crippen molar-refractivity contribution in [3.8, 4) is 0 Å². The summed E-state index contributed by atoms with van der Waals surface area (Å²) in [6, 6.07) is 9.99. The molecule has 1 saturated heterocycles. The number of rotatable bonds is 4. The van der Waals surface area contributed by atoms with E-state index in [9.17, 15) is 14.4 Å². The lowest BCUT2D eigenvalue weighted by Crippen LogP contribution is -2.49. The Morgan fingerprint density at radius 2 is 1.82 bits per heavy atom. The summed E-state index contributed by atoms with van der Waals surface area (Å²) in [6.07, 6.45) is 0.352. The maximum Gasteiger partial charge on any atom is 0.329 e. The van der Waals surface area contributed by atoms with Gasteiger partial charge in [-0.05, 0) is 36.2 Å². The fraction of sp³-hybridized carbons (Fsp3) is 0.211. The summed E-state index contributed by atoms with van der Waals surface area (Å²) in [4.78, 5) is 38.3. The van der Waals surface area contributed by atoms with E-state index in [1.165, 1.54) is 0 Å². The predicted molar refractivity (Wildman–Crippen MR) is 109 cm³/mol. The van der Waals surface area contributed by atoms with Crippen LogP contribution in [0.1, 0.15) is 18.4 Å². The SMILES string of the molecule is O=C(NCc1ccc(Cl)cc1Cl)C1CCC(=O)N1C(=O)Nc1ccccc1Cl. The van der Waals surface area contributed by atoms with Crippen LogP contribution in [0.3, 0.4) is 0 Å². The molecule has 1 aliphatic heterocycles. The molecule has 9 heteroatoms. The zero-order valence-corrected chi connectivity index (χ0v) is 16.8. The van der Waals surface area contributed by atoms with Gasteiger partial charge in [0.25, 0.3) is 0 Å². The van der Waals surface area contributed by atoms with E-state index in [0.717, 1.165) is 4.90 Å². The van der Waals surface area contributed by atoms with Gasteiger partial charge in [-0.3, -0.25) is 14.5 Å². The van der Waals surface area contributed by atoms with E-state index in [0.29, 0.717) is 26.3 Å². The molecule has 146 valence electrons. The van der Waals surface area contributed by atoms with Crippen LogP contribution in [0.25, 0.3) is 0 Å². The molecule has 2 aromatic rings. The number of carbonyl (C=O) groups is 3. The maximum atomic E-state index is 12.6. The molecule has 2 N–H and O–H groups in total. The van der Waals surface area contributed by atoms with Crippen molar-refractivity contribution in [2.45, 2.75) is 25.4 Å². The molecule has 0 saturated carbocycles. The van der Waals surface area contributed by atoms with E-state index in [1.807, 2.05) is 0 Å². The number of urea groups is 1. The molecule has 0 spiro atoms. The van der Waals surface area contributed by atoms with Gasteiger partial charge in [-0.1, -0.05) is 53.0 Å². The number of imide groups is 1. The van der Waals surface area contributed by atoms with E-state index >= 15 is 0 Å². The number of para-hydroxylation sites is 1. The molecule has 1 fully saturated rings. The number of benzene rings is 2. The zero-order valence-electron chi connectivity index (χ0n) is 14.5. The molecular formula is C19H16Cl3N3O3. The molecule has 0 radical (unpaired) electrons. The number of likely N-dealkylation sites (tertiary alicyclic amines) is 1. The number of carbonyl (C=O) groups excluding carboxylic acids is 3. The second kappa shape index (κ2) is 8.82. The number of halogens is 3. The average molecular weight is 441 g/mol. The molecule has 0 aromatic heterocycles. The Morgan fingerprint density at radius 1 is 1.07 bits per heavy atom. The van der Waals surface area contributed by atoms with Crippen molar-refractivity contribution >= 4 is 58.3 Å². The van der Waals surface area contributed by atoms with E-state index in [2.05, 4.69) is 10.6 Å². The normalized spacial score (nSPS) is 16.2. The molecule has 1 atom stereocenters. The Hall–Kier alpha value is -2.28. The van der Waals surface area contributed by atoms with Crippen LogP contribution in [-0.4, -0.2) is 28.8 Å². The number of anilines is 1. The molecule has 4 amide bonds. The molecule has 2 aromatic carbocycles. The Kier molecular flexibility index (Phi) is 6.44. The van der Waals surface area contributed by atoms with Gasteiger partial charge >= 0.3 is 6.03 Å². The number of amides is 4. The van der Waals surface area contributed by atoms with Crippen LogP contribution in [0.2, 0.25) is 15.1 Å². The summed E-state index contributed by atoms with van der Waals surface area (Å²) in [5.74, 6) is -0.861. The lowest BCUT2D eigenvalue weighted by Gasteiger charge is -2.23. The fourth-order valence-corrected chi connectivity index (χ4v) is 3.55. The molecule has 0 bridgehead atoms. The lowest BCUT2D eigenvalue weighted by molar-refractivity contribution is -0.132. The van der Waals surface area contributed by atoms with Crippen molar-refractivity contribution in [2.24, 2.45) is 0 Å². The van der Waals surface area contributed by atoms with Crippen molar-refractivity contribution in [1.29, 1.82) is 0 Å². The Labute approximate surface area is 176 Å². The van der Waals surface area contributed by atoms with Crippen LogP contribution < -0.4 is 10.6 Å². The van der Waals surface area contributed by atoms with Gasteiger partial charge in [0.05, 0.1) is 10.7 Å². The van der Waals surface area contributed by atoms with Gasteiger partial charge in [0, 0.05) is 23.0 Å². The van der Waals surface area contributed by atoms with Crippen molar-refractivity contribution in [3.63, 3.8) is 0 Å². The van der Waals surface area contributed by atoms with Crippen molar-refractivity contribution < 1.29 is 14.4 Å². The largest absolute Gasteiger partial charge is 0.350 e. The van der Waals surface area contributed by atoms with Crippen LogP contribution in [0, 0.1) is 0 Å². The first-order valence-electron chi connectivity index (χ1n) is 8.46. The minimum atomic E-state index is -0.902. The van der Waals surface area contributed by atoms with Gasteiger partial charge in [0.2, 0.25) is 11.8 Å². The first-order chi connectivity index (χ1) is 13.4. The maximum absolute atomic E-state index is 12.6. The lowest BCUT2D eigenvalue weighted by atomic mass is 10.2. The third-order valence-corrected chi connectivity index (χ3v) is 5.23. The van der Waals surface area contributed by atoms with Crippen LogP contribution in [0.4, 0.5) is 10.5 Å². The molecule has 1 heterocycles. The average Bonchev–Trinajstić information content (AvgIpc) is 3.04. The summed E-state index contributed by atoms with van der Waals surface area (Å²) in [5.41, 5.74) is 1.04.